The van der Waals surface area contributed by atoms with E-state index < -0.39 is 5.91 Å². The largest absolute Gasteiger partial charge is 0.484 e. The van der Waals surface area contributed by atoms with Crippen molar-refractivity contribution in [2.45, 2.75) is 6.61 Å². The first kappa shape index (κ1) is 18.6. The molecule has 27 heavy (non-hydrogen) atoms. The topological polar surface area (TPSA) is 101 Å². The van der Waals surface area contributed by atoms with Gasteiger partial charge in [-0.3, -0.25) is 4.79 Å². The minimum absolute atomic E-state index is 0.0749. The van der Waals surface area contributed by atoms with Crippen LogP contribution in [0.4, 0.5) is 11.4 Å². The highest BCUT2D eigenvalue weighted by Gasteiger charge is 2.14. The monoisotopic (exact) mass is 401 g/mol. The van der Waals surface area contributed by atoms with Crippen LogP contribution in [0.1, 0.15) is 21.9 Å². The van der Waals surface area contributed by atoms with E-state index in [1.54, 1.807) is 30.3 Å². The number of halogens is 2. The minimum atomic E-state index is -0.476. The van der Waals surface area contributed by atoms with Gasteiger partial charge < -0.3 is 20.2 Å². The van der Waals surface area contributed by atoms with Crippen molar-refractivity contribution < 1.29 is 13.9 Å². The van der Waals surface area contributed by atoms with Gasteiger partial charge in [0.2, 0.25) is 0 Å². The second-order valence-electron chi connectivity index (χ2n) is 5.47. The van der Waals surface area contributed by atoms with Gasteiger partial charge in [0.15, 0.2) is 5.76 Å². The number of nitrogen functional groups attached to an aromatic ring is 1. The number of para-hydroxylation sites is 1. The fourth-order valence-electron chi connectivity index (χ4n) is 2.26. The molecule has 2 aromatic carbocycles. The molecule has 0 aliphatic rings. The highest BCUT2D eigenvalue weighted by Crippen LogP contribution is 2.31. The van der Waals surface area contributed by atoms with Gasteiger partial charge in [-0.1, -0.05) is 35.3 Å². The molecule has 8 heteroatoms. The minimum Gasteiger partial charge on any atom is -0.484 e. The highest BCUT2D eigenvalue weighted by atomic mass is 35.5. The van der Waals surface area contributed by atoms with Crippen molar-refractivity contribution in [3.05, 3.63) is 75.7 Å². The molecule has 3 aromatic rings. The molecule has 1 amide bonds. The van der Waals surface area contributed by atoms with Crippen LogP contribution in [-0.2, 0) is 6.61 Å². The van der Waals surface area contributed by atoms with Crippen LogP contribution in [0.25, 0.3) is 0 Å². The molecule has 3 rings (SSSR count). The Kier molecular flexibility index (Phi) is 5.55. The number of amides is 1. The third-order valence-electron chi connectivity index (χ3n) is 3.60. The summed E-state index contributed by atoms with van der Waals surface area (Å²) in [6.07, 6.45) is 0. The normalized spacial score (nSPS) is 10.3. The summed E-state index contributed by atoms with van der Waals surface area (Å²) in [5.41, 5.74) is 6.72. The summed E-state index contributed by atoms with van der Waals surface area (Å²) in [5, 5.41) is 12.2. The number of anilines is 2. The summed E-state index contributed by atoms with van der Waals surface area (Å²) in [6.45, 7) is 0.0749. The zero-order valence-corrected chi connectivity index (χ0v) is 15.3. The van der Waals surface area contributed by atoms with Crippen molar-refractivity contribution in [1.82, 2.24) is 0 Å². The van der Waals surface area contributed by atoms with Crippen molar-refractivity contribution in [1.29, 1.82) is 5.26 Å². The summed E-state index contributed by atoms with van der Waals surface area (Å²) < 4.78 is 11.1. The number of hydrogen-bond donors (Lipinski definition) is 2. The second kappa shape index (κ2) is 8.04. The molecule has 0 fully saturated rings. The van der Waals surface area contributed by atoms with E-state index in [4.69, 9.17) is 43.4 Å². The Morgan fingerprint density at radius 3 is 2.59 bits per heavy atom. The molecule has 0 saturated heterocycles. The van der Waals surface area contributed by atoms with Crippen LogP contribution in [0.3, 0.4) is 0 Å². The average Bonchev–Trinajstić information content (AvgIpc) is 3.14. The Balaban J connectivity index is 1.67. The van der Waals surface area contributed by atoms with Crippen LogP contribution in [0.2, 0.25) is 10.0 Å². The Hall–Kier alpha value is -3.14. The van der Waals surface area contributed by atoms with Gasteiger partial charge in [-0.25, -0.2) is 0 Å². The van der Waals surface area contributed by atoms with Gasteiger partial charge in [0.05, 0.1) is 21.3 Å². The maximum absolute atomic E-state index is 12.3. The molecular formula is C19H13Cl2N3O3. The number of nitriles is 1. The second-order valence-corrected chi connectivity index (χ2v) is 6.28. The van der Waals surface area contributed by atoms with Crippen molar-refractivity contribution in [2.75, 3.05) is 11.1 Å². The number of benzene rings is 2. The van der Waals surface area contributed by atoms with Crippen LogP contribution in [0, 0.1) is 11.3 Å². The first-order chi connectivity index (χ1) is 13.0. The highest BCUT2D eigenvalue weighted by molar-refractivity contribution is 6.39. The molecule has 0 atom stereocenters. The van der Waals surface area contributed by atoms with E-state index in [0.29, 0.717) is 22.8 Å². The fraction of sp³-hybridized carbons (Fsp3) is 0.0526. The van der Waals surface area contributed by atoms with Gasteiger partial charge in [-0.15, -0.1) is 0 Å². The lowest BCUT2D eigenvalue weighted by Crippen LogP contribution is -2.11. The lowest BCUT2D eigenvalue weighted by atomic mass is 10.2. The number of rotatable bonds is 5. The predicted octanol–water partition coefficient (Wildman–Crippen LogP) is 4.87. The number of furan rings is 1. The van der Waals surface area contributed by atoms with Crippen molar-refractivity contribution in [3.63, 3.8) is 0 Å². The van der Waals surface area contributed by atoms with Gasteiger partial charge in [-0.05, 0) is 36.4 Å². The molecule has 1 heterocycles. The molecule has 0 aliphatic carbocycles. The van der Waals surface area contributed by atoms with Gasteiger partial charge in [0.1, 0.15) is 24.2 Å². The standard InChI is InChI=1S/C19H13Cl2N3O3/c20-14-7-12(8-15(21)18(14)23)24-19(25)17-6-5-13(27-17)10-26-16-4-2-1-3-11(16)9-22/h1-8H,10,23H2,(H,24,25). The molecule has 0 bridgehead atoms. The summed E-state index contributed by atoms with van der Waals surface area (Å²) in [4.78, 5) is 12.3. The average molecular weight is 402 g/mol. The SMILES string of the molecule is N#Cc1ccccc1OCc1ccc(C(=O)Nc2cc(Cl)c(N)c(Cl)c2)o1. The first-order valence-electron chi connectivity index (χ1n) is 7.74. The van der Waals surface area contributed by atoms with E-state index in [-0.39, 0.29) is 28.1 Å². The van der Waals surface area contributed by atoms with Crippen molar-refractivity contribution in [3.8, 4) is 11.8 Å². The molecule has 0 aliphatic heterocycles. The molecule has 0 spiro atoms. The summed E-state index contributed by atoms with van der Waals surface area (Å²) >= 11 is 11.9. The molecule has 0 saturated carbocycles. The third kappa shape index (κ3) is 4.34. The zero-order valence-electron chi connectivity index (χ0n) is 13.8. The molecule has 3 N–H and O–H groups in total. The number of ether oxygens (including phenoxy) is 1. The molecule has 136 valence electrons. The third-order valence-corrected chi connectivity index (χ3v) is 4.23. The van der Waals surface area contributed by atoms with E-state index in [1.165, 1.54) is 18.2 Å². The molecule has 0 unspecified atom stereocenters. The van der Waals surface area contributed by atoms with Crippen LogP contribution in [0.5, 0.6) is 5.75 Å². The van der Waals surface area contributed by atoms with Gasteiger partial charge in [0.25, 0.3) is 5.91 Å². The number of hydrogen-bond acceptors (Lipinski definition) is 5. The fourth-order valence-corrected chi connectivity index (χ4v) is 2.75. The summed E-state index contributed by atoms with van der Waals surface area (Å²) in [6, 6.07) is 15.0. The van der Waals surface area contributed by atoms with Crippen LogP contribution in [-0.4, -0.2) is 5.91 Å². The van der Waals surface area contributed by atoms with Crippen molar-refractivity contribution in [2.24, 2.45) is 0 Å². The van der Waals surface area contributed by atoms with E-state index in [2.05, 4.69) is 5.32 Å². The Bertz CT molecular complexity index is 1020. The number of nitrogens with zero attached hydrogens (tertiary/aromatic N) is 1. The lowest BCUT2D eigenvalue weighted by Gasteiger charge is -2.07. The van der Waals surface area contributed by atoms with Gasteiger partial charge in [0, 0.05) is 5.69 Å². The first-order valence-corrected chi connectivity index (χ1v) is 8.50. The number of nitrogens with two attached hydrogens (primary N) is 1. The molecule has 1 aromatic heterocycles. The molecular weight excluding hydrogens is 389 g/mol. The maximum Gasteiger partial charge on any atom is 0.291 e. The van der Waals surface area contributed by atoms with Crippen LogP contribution >= 0.6 is 23.2 Å². The van der Waals surface area contributed by atoms with Crippen LogP contribution in [0.15, 0.2) is 52.9 Å². The smallest absolute Gasteiger partial charge is 0.291 e. The quantitative estimate of drug-likeness (QED) is 0.593. The number of carbonyl (C=O) groups excluding carboxylic acids is 1. The Morgan fingerprint density at radius 2 is 1.89 bits per heavy atom. The predicted molar refractivity (Wildman–Crippen MR) is 103 cm³/mol. The zero-order chi connectivity index (χ0) is 19.4. The molecule has 0 radical (unpaired) electrons. The van der Waals surface area contributed by atoms with Crippen LogP contribution < -0.4 is 15.8 Å². The van der Waals surface area contributed by atoms with Gasteiger partial charge >= 0.3 is 0 Å². The van der Waals surface area contributed by atoms with Crippen molar-refractivity contribution >= 4 is 40.5 Å². The van der Waals surface area contributed by atoms with E-state index in [0.717, 1.165) is 0 Å². The van der Waals surface area contributed by atoms with E-state index >= 15 is 0 Å². The Morgan fingerprint density at radius 1 is 1.19 bits per heavy atom. The number of nitrogens with one attached hydrogen (secondary N) is 1. The van der Waals surface area contributed by atoms with E-state index in [9.17, 15) is 4.79 Å². The number of carbonyl (C=O) groups is 1. The van der Waals surface area contributed by atoms with E-state index in [1.807, 2.05) is 6.07 Å². The summed E-state index contributed by atoms with van der Waals surface area (Å²) in [5.74, 6) is 0.483. The maximum atomic E-state index is 12.3. The summed E-state index contributed by atoms with van der Waals surface area (Å²) in [7, 11) is 0. The Labute approximate surface area is 165 Å². The van der Waals surface area contributed by atoms with Gasteiger partial charge in [-0.2, -0.15) is 5.26 Å². The lowest BCUT2D eigenvalue weighted by molar-refractivity contribution is 0.0992. The molecule has 6 nitrogen and oxygen atoms in total.